The van der Waals surface area contributed by atoms with Crippen LogP contribution in [0, 0.1) is 19.7 Å². The van der Waals surface area contributed by atoms with Gasteiger partial charge in [-0.25, -0.2) is 4.39 Å². The standard InChI is InChI=1S/C31H34FN5O5/c1-21-19-26(22(2)41-21)30(39)33-12-11-28(38)37-16-14-36(15-17-37)13-6-18-40-24-9-10-25(27(32)20-24)29-34-31(42-35-29)23-7-4-3-5-8-23/h3-5,7-10,19-20H,6,11-18H2,1-2H3,(H,33,39). The number of halogens is 1. The second kappa shape index (κ2) is 13.4. The summed E-state index contributed by atoms with van der Waals surface area (Å²) in [6.45, 7) is 7.89. The lowest BCUT2D eigenvalue weighted by Gasteiger charge is -2.34. The van der Waals surface area contributed by atoms with E-state index in [2.05, 4.69) is 20.4 Å². The maximum atomic E-state index is 14.8. The van der Waals surface area contributed by atoms with Crippen molar-refractivity contribution in [1.29, 1.82) is 0 Å². The van der Waals surface area contributed by atoms with Gasteiger partial charge in [0.2, 0.25) is 11.7 Å². The van der Waals surface area contributed by atoms with Gasteiger partial charge < -0.3 is 23.9 Å². The van der Waals surface area contributed by atoms with Gasteiger partial charge in [0.05, 0.1) is 17.7 Å². The quantitative estimate of drug-likeness (QED) is 0.261. The van der Waals surface area contributed by atoms with Crippen molar-refractivity contribution in [2.45, 2.75) is 26.7 Å². The molecule has 3 heterocycles. The molecular weight excluding hydrogens is 541 g/mol. The molecule has 0 bridgehead atoms. The molecule has 42 heavy (non-hydrogen) atoms. The summed E-state index contributed by atoms with van der Waals surface area (Å²) < 4.78 is 31.2. The highest BCUT2D eigenvalue weighted by Crippen LogP contribution is 2.27. The molecule has 0 saturated carbocycles. The van der Waals surface area contributed by atoms with Gasteiger partial charge in [0.25, 0.3) is 11.8 Å². The highest BCUT2D eigenvalue weighted by atomic mass is 19.1. The Hall–Kier alpha value is -4.51. The molecule has 1 aliphatic heterocycles. The largest absolute Gasteiger partial charge is 0.493 e. The molecule has 4 aromatic rings. The predicted octanol–water partition coefficient (Wildman–Crippen LogP) is 4.49. The van der Waals surface area contributed by atoms with Crippen LogP contribution in [0.5, 0.6) is 5.75 Å². The van der Waals surface area contributed by atoms with E-state index in [4.69, 9.17) is 13.7 Å². The van der Waals surface area contributed by atoms with Crippen LogP contribution in [0.25, 0.3) is 22.8 Å². The normalized spacial score (nSPS) is 13.7. The van der Waals surface area contributed by atoms with E-state index in [1.54, 1.807) is 32.0 Å². The number of nitrogens with one attached hydrogen (secondary N) is 1. The maximum Gasteiger partial charge on any atom is 0.258 e. The number of furan rings is 1. The number of hydrogen-bond donors (Lipinski definition) is 1. The molecule has 11 heteroatoms. The molecule has 2 amide bonds. The van der Waals surface area contributed by atoms with E-state index in [0.717, 1.165) is 31.6 Å². The molecule has 0 atom stereocenters. The lowest BCUT2D eigenvalue weighted by atomic mass is 10.2. The Morgan fingerprint density at radius 2 is 1.83 bits per heavy atom. The first-order valence-electron chi connectivity index (χ1n) is 14.0. The third kappa shape index (κ3) is 7.22. The number of amides is 2. The highest BCUT2D eigenvalue weighted by Gasteiger charge is 2.21. The minimum absolute atomic E-state index is 0.0287. The number of carbonyl (C=O) groups is 2. The van der Waals surface area contributed by atoms with Crippen LogP contribution >= 0.6 is 0 Å². The number of nitrogens with zero attached hydrogens (tertiary/aromatic N) is 4. The summed E-state index contributed by atoms with van der Waals surface area (Å²) in [5, 5.41) is 6.71. The van der Waals surface area contributed by atoms with Gasteiger partial charge in [-0.1, -0.05) is 23.4 Å². The summed E-state index contributed by atoms with van der Waals surface area (Å²) in [4.78, 5) is 33.3. The van der Waals surface area contributed by atoms with Gasteiger partial charge in [-0.2, -0.15) is 4.98 Å². The first kappa shape index (κ1) is 29.0. The average Bonchev–Trinajstić information content (AvgIpc) is 3.62. The van der Waals surface area contributed by atoms with Crippen molar-refractivity contribution < 1.29 is 27.7 Å². The second-order valence-electron chi connectivity index (χ2n) is 10.2. The molecular formula is C31H34FN5O5. The summed E-state index contributed by atoms with van der Waals surface area (Å²) in [6.07, 6.45) is 1.02. The van der Waals surface area contributed by atoms with Gasteiger partial charge in [0.15, 0.2) is 0 Å². The van der Waals surface area contributed by atoms with Gasteiger partial charge in [0, 0.05) is 57.3 Å². The van der Waals surface area contributed by atoms with Crippen molar-refractivity contribution in [3.8, 4) is 28.6 Å². The molecule has 0 radical (unpaired) electrons. The Morgan fingerprint density at radius 3 is 2.55 bits per heavy atom. The third-order valence-electron chi connectivity index (χ3n) is 7.15. The van der Waals surface area contributed by atoms with Crippen LogP contribution in [0.4, 0.5) is 4.39 Å². The molecule has 1 aliphatic rings. The number of piperazine rings is 1. The SMILES string of the molecule is Cc1cc(C(=O)NCCC(=O)N2CCN(CCCOc3ccc(-c4noc(-c5ccccc5)n4)c(F)c3)CC2)c(C)o1. The van der Waals surface area contributed by atoms with Gasteiger partial charge >= 0.3 is 0 Å². The van der Waals surface area contributed by atoms with E-state index in [1.165, 1.54) is 6.07 Å². The summed E-state index contributed by atoms with van der Waals surface area (Å²) in [5.41, 5.74) is 1.51. The molecule has 0 unspecified atom stereocenters. The predicted molar refractivity (Wildman–Crippen MR) is 153 cm³/mol. The lowest BCUT2D eigenvalue weighted by Crippen LogP contribution is -2.49. The fraction of sp³-hybridized carbons (Fsp3) is 0.355. The molecule has 0 spiro atoms. The number of ether oxygens (including phenoxy) is 1. The fourth-order valence-electron chi connectivity index (χ4n) is 4.89. The van der Waals surface area contributed by atoms with Crippen LogP contribution in [0.3, 0.4) is 0 Å². The Labute approximate surface area is 243 Å². The van der Waals surface area contributed by atoms with Crippen LogP contribution in [0.15, 0.2) is 63.5 Å². The number of carbonyl (C=O) groups excluding carboxylic acids is 2. The summed E-state index contributed by atoms with van der Waals surface area (Å²) in [6, 6.07) is 15.6. The molecule has 2 aromatic heterocycles. The van der Waals surface area contributed by atoms with Crippen LogP contribution in [-0.4, -0.2) is 77.6 Å². The van der Waals surface area contributed by atoms with Gasteiger partial charge in [-0.05, 0) is 50.6 Å². The van der Waals surface area contributed by atoms with Crippen molar-refractivity contribution in [1.82, 2.24) is 25.3 Å². The Morgan fingerprint density at radius 1 is 1.05 bits per heavy atom. The highest BCUT2D eigenvalue weighted by molar-refractivity contribution is 5.95. The molecule has 1 saturated heterocycles. The lowest BCUT2D eigenvalue weighted by molar-refractivity contribution is -0.132. The summed E-state index contributed by atoms with van der Waals surface area (Å²) in [5.74, 6) is 1.51. The number of aryl methyl sites for hydroxylation is 2. The first-order valence-corrected chi connectivity index (χ1v) is 14.0. The Bertz CT molecular complexity index is 1510. The minimum Gasteiger partial charge on any atom is -0.493 e. The first-order chi connectivity index (χ1) is 20.4. The van der Waals surface area contributed by atoms with E-state index in [9.17, 15) is 14.0 Å². The van der Waals surface area contributed by atoms with Crippen LogP contribution in [-0.2, 0) is 4.79 Å². The van der Waals surface area contributed by atoms with Crippen molar-refractivity contribution >= 4 is 11.8 Å². The Balaban J connectivity index is 0.989. The van der Waals surface area contributed by atoms with Crippen LogP contribution in [0.2, 0.25) is 0 Å². The second-order valence-corrected chi connectivity index (χ2v) is 10.2. The molecule has 2 aromatic carbocycles. The summed E-state index contributed by atoms with van der Waals surface area (Å²) in [7, 11) is 0. The van der Waals surface area contributed by atoms with E-state index in [-0.39, 0.29) is 36.2 Å². The Kier molecular flexibility index (Phi) is 9.28. The number of aromatic nitrogens is 2. The zero-order valence-corrected chi connectivity index (χ0v) is 23.8. The zero-order valence-electron chi connectivity index (χ0n) is 23.8. The smallest absolute Gasteiger partial charge is 0.258 e. The van der Waals surface area contributed by atoms with Gasteiger partial charge in [-0.15, -0.1) is 0 Å². The summed E-state index contributed by atoms with van der Waals surface area (Å²) >= 11 is 0. The molecule has 5 rings (SSSR count). The van der Waals surface area contributed by atoms with E-state index in [1.807, 2.05) is 35.2 Å². The van der Waals surface area contributed by atoms with E-state index < -0.39 is 5.82 Å². The molecule has 0 aliphatic carbocycles. The van der Waals surface area contributed by atoms with Gasteiger partial charge in [-0.3, -0.25) is 14.5 Å². The third-order valence-corrected chi connectivity index (χ3v) is 7.15. The topological polar surface area (TPSA) is 114 Å². The average molecular weight is 576 g/mol. The van der Waals surface area contributed by atoms with Crippen molar-refractivity contribution in [3.05, 3.63) is 77.5 Å². The minimum atomic E-state index is -0.486. The molecule has 1 N–H and O–H groups in total. The molecule has 220 valence electrons. The van der Waals surface area contributed by atoms with Crippen molar-refractivity contribution in [2.24, 2.45) is 0 Å². The van der Waals surface area contributed by atoms with Gasteiger partial charge in [0.1, 0.15) is 23.1 Å². The van der Waals surface area contributed by atoms with E-state index >= 15 is 0 Å². The monoisotopic (exact) mass is 575 g/mol. The van der Waals surface area contributed by atoms with Crippen LogP contribution in [0.1, 0.15) is 34.7 Å². The maximum absolute atomic E-state index is 14.8. The van der Waals surface area contributed by atoms with Crippen LogP contribution < -0.4 is 10.1 Å². The van der Waals surface area contributed by atoms with Crippen molar-refractivity contribution in [3.63, 3.8) is 0 Å². The molecule has 10 nitrogen and oxygen atoms in total. The number of benzene rings is 2. The number of hydrogen-bond acceptors (Lipinski definition) is 8. The zero-order chi connectivity index (χ0) is 29.5. The van der Waals surface area contributed by atoms with E-state index in [0.29, 0.717) is 48.4 Å². The number of rotatable bonds is 11. The van der Waals surface area contributed by atoms with Crippen molar-refractivity contribution in [2.75, 3.05) is 45.9 Å². The fourth-order valence-corrected chi connectivity index (χ4v) is 4.89. The molecule has 1 fully saturated rings.